The van der Waals surface area contributed by atoms with Crippen LogP contribution >= 0.6 is 0 Å². The van der Waals surface area contributed by atoms with Crippen LogP contribution in [0.15, 0.2) is 546 Å². The lowest BCUT2D eigenvalue weighted by molar-refractivity contribution is 1.28. The fourth-order valence-corrected chi connectivity index (χ4v) is 17.1. The zero-order valence-electron chi connectivity index (χ0n) is 75.0. The summed E-state index contributed by atoms with van der Waals surface area (Å²) in [6, 6.07) is 188. The van der Waals surface area contributed by atoms with Gasteiger partial charge in [0, 0.05) is 69.4 Å². The van der Waals surface area contributed by atoms with Gasteiger partial charge < -0.3 is 14.7 Å². The Hall–Kier alpha value is -17.8. The molecule has 3 nitrogen and oxygen atoms in total. The molecule has 0 radical (unpaired) electrons. The minimum absolute atomic E-state index is 1.02. The highest BCUT2D eigenvalue weighted by atomic mass is 15.1. The summed E-state index contributed by atoms with van der Waals surface area (Å²) < 4.78 is 0. The third kappa shape index (κ3) is 22.2. The largest absolute Gasteiger partial charge is 0.317 e. The van der Waals surface area contributed by atoms with Gasteiger partial charge in [0.05, 0.1) is 0 Å². The van der Waals surface area contributed by atoms with E-state index in [1.54, 1.807) is 0 Å². The second kappa shape index (κ2) is 43.1. The van der Waals surface area contributed by atoms with Crippen molar-refractivity contribution >= 4 is 122 Å². The Labute approximate surface area is 794 Å². The van der Waals surface area contributed by atoms with Crippen LogP contribution in [0.3, 0.4) is 0 Å². The summed E-state index contributed by atoms with van der Waals surface area (Å²) in [5.74, 6) is 0. The van der Waals surface area contributed by atoms with Crippen LogP contribution in [0.5, 0.6) is 0 Å². The Bertz CT molecular complexity index is 6410. The van der Waals surface area contributed by atoms with Gasteiger partial charge in [-0.15, -0.1) is 0 Å². The van der Waals surface area contributed by atoms with E-state index in [0.717, 1.165) is 151 Å². The summed E-state index contributed by atoms with van der Waals surface area (Å²) in [5, 5.41) is 0. The SMILES string of the molecule is C(=Cc1cc(C=Cc2ccc(N(C=C(c3ccccc3)c3ccccc3)c3ccc(C=C(c4ccccc4)c4ccccc4)cc3)cc2)cc(C=Cc2ccc(N(C=C(c3ccccc3)c3ccccc3)c3ccc(C=C(c4ccccc4)c4ccccc4)cc3)cc2)c1)c1ccc(N(C=C(c2ccccc2)c2ccccc2)c2ccc(C=C(c3ccccc3)c3ccccc3)cc2)cc1. The van der Waals surface area contributed by atoms with Crippen molar-refractivity contribution in [3.05, 3.63) is 663 Å². The lowest BCUT2D eigenvalue weighted by Crippen LogP contribution is -2.10. The van der Waals surface area contributed by atoms with E-state index in [0.29, 0.717) is 0 Å². The van der Waals surface area contributed by atoms with Crippen LogP contribution in [0.4, 0.5) is 34.1 Å². The third-order valence-electron chi connectivity index (χ3n) is 24.2. The van der Waals surface area contributed by atoms with Crippen molar-refractivity contribution in [1.82, 2.24) is 0 Å². The number of rotatable bonds is 30. The average Bonchev–Trinajstić information content (AvgIpc) is 0.805. The molecule has 19 aromatic carbocycles. The van der Waals surface area contributed by atoms with Crippen molar-refractivity contribution in [2.24, 2.45) is 0 Å². The number of hydrogen-bond acceptors (Lipinski definition) is 3. The van der Waals surface area contributed by atoms with Gasteiger partial charge >= 0.3 is 0 Å². The summed E-state index contributed by atoms with van der Waals surface area (Å²) in [7, 11) is 0. The molecule has 0 aliphatic heterocycles. The van der Waals surface area contributed by atoms with Gasteiger partial charge in [0.15, 0.2) is 0 Å². The Kier molecular flexibility index (Phi) is 27.7. The molecular formula is C132H99N3. The number of benzene rings is 19. The van der Waals surface area contributed by atoms with Gasteiger partial charge in [-0.05, 0) is 243 Å². The molecule has 0 aliphatic rings. The highest BCUT2D eigenvalue weighted by Crippen LogP contribution is 2.40. The molecule has 0 N–H and O–H groups in total. The van der Waals surface area contributed by atoms with Crippen LogP contribution in [0, 0.1) is 0 Å². The summed E-state index contributed by atoms with van der Waals surface area (Å²) >= 11 is 0. The van der Waals surface area contributed by atoms with E-state index >= 15 is 0 Å². The van der Waals surface area contributed by atoms with Gasteiger partial charge in [-0.1, -0.05) is 473 Å². The molecular weight excluding hydrogens is 1630 g/mol. The van der Waals surface area contributed by atoms with E-state index in [1.807, 2.05) is 0 Å². The van der Waals surface area contributed by atoms with Gasteiger partial charge in [0.1, 0.15) is 0 Å². The summed E-state index contributed by atoms with van der Waals surface area (Å²) in [6.45, 7) is 0. The van der Waals surface area contributed by atoms with Gasteiger partial charge in [0.25, 0.3) is 0 Å². The minimum Gasteiger partial charge on any atom is -0.317 e. The van der Waals surface area contributed by atoms with Crippen LogP contribution in [0.2, 0.25) is 0 Å². The first-order valence-corrected chi connectivity index (χ1v) is 46.0. The van der Waals surface area contributed by atoms with Gasteiger partial charge in [0.2, 0.25) is 0 Å². The molecule has 0 spiro atoms. The molecule has 642 valence electrons. The molecule has 0 saturated heterocycles. The van der Waals surface area contributed by atoms with Gasteiger partial charge in [-0.3, -0.25) is 0 Å². The molecule has 3 heteroatoms. The first-order chi connectivity index (χ1) is 66.9. The van der Waals surface area contributed by atoms with Crippen molar-refractivity contribution in [2.75, 3.05) is 14.7 Å². The molecule has 0 bridgehead atoms. The normalized spacial score (nSPS) is 11.0. The molecule has 0 amide bonds. The van der Waals surface area contributed by atoms with Crippen LogP contribution < -0.4 is 14.7 Å². The predicted octanol–water partition coefficient (Wildman–Crippen LogP) is 34.6. The lowest BCUT2D eigenvalue weighted by atomic mass is 9.95. The molecule has 0 saturated carbocycles. The topological polar surface area (TPSA) is 9.72 Å². The standard InChI is InChI=1S/C132H99N3/c1-13-37-109(38-14-1)127(110-39-15-2-16-40-110)94-103-73-85-124(86-74-103)133(97-130(115-49-25-7-26-50-115)116-51-27-8-28-52-116)121-79-67-100(68-80-121)61-64-106-91-107(65-62-101-69-81-122(82-70-101)134(98-131(117-53-29-9-30-54-117)118-55-31-10-32-56-118)125-87-75-104(76-88-125)95-128(111-41-17-3-18-42-111)112-43-19-4-20-44-112)93-108(92-106)66-63-102-71-83-123(84-72-102)135(99-132(119-57-33-11-34-58-119)120-59-35-12-36-60-120)126-89-77-105(78-90-126)96-129(113-45-21-5-22-46-113)114-47-23-6-24-48-114/h1-99H. The van der Waals surface area contributed by atoms with Gasteiger partial charge in [-0.2, -0.15) is 0 Å². The van der Waals surface area contributed by atoms with Crippen LogP contribution in [-0.4, -0.2) is 0 Å². The highest BCUT2D eigenvalue weighted by molar-refractivity contribution is 5.96. The van der Waals surface area contributed by atoms with E-state index < -0.39 is 0 Å². The van der Waals surface area contributed by atoms with Crippen molar-refractivity contribution in [1.29, 1.82) is 0 Å². The monoisotopic (exact) mass is 1730 g/mol. The molecule has 0 aliphatic carbocycles. The predicted molar refractivity (Wildman–Crippen MR) is 578 cm³/mol. The number of anilines is 6. The van der Waals surface area contributed by atoms with Crippen molar-refractivity contribution in [2.45, 2.75) is 0 Å². The first kappa shape index (κ1) is 86.6. The van der Waals surface area contributed by atoms with Crippen LogP contribution in [-0.2, 0) is 0 Å². The molecule has 135 heavy (non-hydrogen) atoms. The van der Waals surface area contributed by atoms with Crippen molar-refractivity contribution in [3.8, 4) is 0 Å². The zero-order valence-corrected chi connectivity index (χ0v) is 75.0. The Morgan fingerprint density at radius 1 is 0.119 bits per heavy atom. The molecule has 0 unspecified atom stereocenters. The summed E-state index contributed by atoms with van der Waals surface area (Å²) in [5.41, 5.74) is 36.4. The molecule has 19 aromatic rings. The molecule has 0 fully saturated rings. The minimum atomic E-state index is 1.02. The smallest absolute Gasteiger partial charge is 0.0456 e. The molecule has 0 heterocycles. The quantitative estimate of drug-likeness (QED) is 0.0416. The summed E-state index contributed by atoms with van der Waals surface area (Å²) in [4.78, 5) is 6.96. The number of hydrogen-bond donors (Lipinski definition) is 0. The van der Waals surface area contributed by atoms with Gasteiger partial charge in [-0.25, -0.2) is 0 Å². The zero-order chi connectivity index (χ0) is 90.8. The van der Waals surface area contributed by atoms with E-state index in [2.05, 4.69) is 616 Å². The Morgan fingerprint density at radius 3 is 0.393 bits per heavy atom. The molecule has 0 aromatic heterocycles. The van der Waals surface area contributed by atoms with Crippen molar-refractivity contribution < 1.29 is 0 Å². The maximum atomic E-state index is 2.32. The van der Waals surface area contributed by atoms with E-state index in [-0.39, 0.29) is 0 Å². The number of nitrogens with zero attached hydrogens (tertiary/aromatic N) is 3. The fraction of sp³-hybridized carbons (Fsp3) is 0. The molecule has 0 atom stereocenters. The Balaban J connectivity index is 0.673. The maximum Gasteiger partial charge on any atom is 0.0456 e. The Morgan fingerprint density at radius 2 is 0.244 bits per heavy atom. The second-order valence-corrected chi connectivity index (χ2v) is 33.3. The highest BCUT2D eigenvalue weighted by Gasteiger charge is 2.19. The van der Waals surface area contributed by atoms with E-state index in [9.17, 15) is 0 Å². The fourth-order valence-electron chi connectivity index (χ4n) is 17.1. The van der Waals surface area contributed by atoms with E-state index in [4.69, 9.17) is 0 Å². The van der Waals surface area contributed by atoms with Crippen LogP contribution in [0.25, 0.3) is 88.1 Å². The van der Waals surface area contributed by atoms with E-state index in [1.165, 1.54) is 33.4 Å². The first-order valence-electron chi connectivity index (χ1n) is 46.0. The van der Waals surface area contributed by atoms with Crippen molar-refractivity contribution in [3.63, 3.8) is 0 Å². The molecule has 19 rings (SSSR count). The third-order valence-corrected chi connectivity index (χ3v) is 24.2. The maximum absolute atomic E-state index is 2.32. The van der Waals surface area contributed by atoms with Crippen LogP contribution in [0.1, 0.15) is 117 Å². The second-order valence-electron chi connectivity index (χ2n) is 33.3. The lowest BCUT2D eigenvalue weighted by Gasteiger charge is -2.24. The summed E-state index contributed by atoms with van der Waals surface area (Å²) in [6.07, 6.45) is 27.2. The average molecular weight is 1730 g/mol.